The van der Waals surface area contributed by atoms with E-state index in [1.807, 2.05) is 0 Å². The molecule has 1 N–H and O–H groups in total. The number of hydrogen-bond acceptors (Lipinski definition) is 6. The van der Waals surface area contributed by atoms with Crippen molar-refractivity contribution in [1.29, 1.82) is 0 Å². The van der Waals surface area contributed by atoms with Crippen molar-refractivity contribution in [2.75, 3.05) is 13.2 Å². The van der Waals surface area contributed by atoms with Gasteiger partial charge in [0.2, 0.25) is 0 Å². The summed E-state index contributed by atoms with van der Waals surface area (Å²) in [7, 11) is 0. The van der Waals surface area contributed by atoms with Crippen LogP contribution >= 0.6 is 0 Å². The standard InChI is InChI=1S/C48H91NO6/c1-8-11-14-17-18-19-20-23-26-30-36-43(35-29-15-12-9-2)48(6,7)55-45(50)39-33-28-25-22-21-24-27-32-38-44(37-31-16-13-10-3)54-47(52)49-40-34-41-53-46(51)42(4)5/h43-44H,4,8-41H2,1-3,5-7H3,(H,49,52). The third-order valence-corrected chi connectivity index (χ3v) is 11.2. The number of hydrogen-bond donors (Lipinski definition) is 1. The zero-order chi connectivity index (χ0) is 40.8. The average Bonchev–Trinajstić information content (AvgIpc) is 3.14. The SMILES string of the molecule is C=C(C)C(=O)OCCCNC(=O)OC(CCCCCC)CCCCCCCCCCC(=O)OC(C)(C)C(CCCCCC)CCCCCCCCCCCC. The first-order chi connectivity index (χ1) is 26.6. The first kappa shape index (κ1) is 53.0. The van der Waals surface area contributed by atoms with Crippen LogP contribution in [0.3, 0.4) is 0 Å². The lowest BCUT2D eigenvalue weighted by Crippen LogP contribution is -2.37. The lowest BCUT2D eigenvalue weighted by atomic mass is 9.82. The molecule has 2 atom stereocenters. The Balaban J connectivity index is 4.33. The van der Waals surface area contributed by atoms with Crippen molar-refractivity contribution < 1.29 is 28.6 Å². The number of alkyl carbamates (subject to hydrolysis) is 1. The van der Waals surface area contributed by atoms with Gasteiger partial charge in [-0.2, -0.15) is 0 Å². The lowest BCUT2D eigenvalue weighted by Gasteiger charge is -2.34. The van der Waals surface area contributed by atoms with Crippen molar-refractivity contribution in [3.05, 3.63) is 12.2 Å². The van der Waals surface area contributed by atoms with Gasteiger partial charge in [0.15, 0.2) is 0 Å². The van der Waals surface area contributed by atoms with E-state index in [9.17, 15) is 14.4 Å². The molecule has 0 spiro atoms. The van der Waals surface area contributed by atoms with Gasteiger partial charge in [-0.15, -0.1) is 0 Å². The van der Waals surface area contributed by atoms with Crippen LogP contribution in [0, 0.1) is 5.92 Å². The van der Waals surface area contributed by atoms with Crippen molar-refractivity contribution in [3.63, 3.8) is 0 Å². The summed E-state index contributed by atoms with van der Waals surface area (Å²) in [4.78, 5) is 36.9. The van der Waals surface area contributed by atoms with Crippen LogP contribution < -0.4 is 5.32 Å². The summed E-state index contributed by atoms with van der Waals surface area (Å²) in [6, 6.07) is 0. The van der Waals surface area contributed by atoms with Gasteiger partial charge >= 0.3 is 18.0 Å². The van der Waals surface area contributed by atoms with Gasteiger partial charge in [-0.3, -0.25) is 4.79 Å². The molecule has 2 unspecified atom stereocenters. The number of esters is 2. The fourth-order valence-electron chi connectivity index (χ4n) is 7.47. The van der Waals surface area contributed by atoms with E-state index in [1.54, 1.807) is 6.92 Å². The number of unbranched alkanes of at least 4 members (excludes halogenated alkanes) is 22. The Morgan fingerprint density at radius 2 is 0.964 bits per heavy atom. The summed E-state index contributed by atoms with van der Waals surface area (Å²) < 4.78 is 17.1. The number of amides is 1. The monoisotopic (exact) mass is 778 g/mol. The van der Waals surface area contributed by atoms with Crippen LogP contribution in [0.1, 0.15) is 247 Å². The van der Waals surface area contributed by atoms with Gasteiger partial charge in [-0.25, -0.2) is 9.59 Å². The maximum Gasteiger partial charge on any atom is 0.407 e. The van der Waals surface area contributed by atoms with E-state index in [0.29, 0.717) is 30.9 Å². The molecule has 0 aromatic rings. The second-order valence-electron chi connectivity index (χ2n) is 17.0. The molecule has 0 bridgehead atoms. The maximum absolute atomic E-state index is 13.0. The summed E-state index contributed by atoms with van der Waals surface area (Å²) in [5, 5.41) is 2.80. The Hall–Kier alpha value is -2.05. The van der Waals surface area contributed by atoms with Gasteiger partial charge in [-0.05, 0) is 78.1 Å². The van der Waals surface area contributed by atoms with Crippen LogP contribution in [-0.4, -0.2) is 42.9 Å². The van der Waals surface area contributed by atoms with Gasteiger partial charge < -0.3 is 19.5 Å². The van der Waals surface area contributed by atoms with Gasteiger partial charge in [-0.1, -0.05) is 175 Å². The van der Waals surface area contributed by atoms with E-state index in [1.165, 1.54) is 135 Å². The zero-order valence-electron chi connectivity index (χ0n) is 37.4. The highest BCUT2D eigenvalue weighted by Gasteiger charge is 2.32. The topological polar surface area (TPSA) is 90.9 Å². The molecule has 0 aliphatic rings. The molecule has 55 heavy (non-hydrogen) atoms. The molecule has 324 valence electrons. The van der Waals surface area contributed by atoms with Crippen LogP contribution in [0.15, 0.2) is 12.2 Å². The molecule has 1 amide bonds. The van der Waals surface area contributed by atoms with Gasteiger partial charge in [0.05, 0.1) is 6.61 Å². The third-order valence-electron chi connectivity index (χ3n) is 11.2. The van der Waals surface area contributed by atoms with Crippen LogP contribution in [0.4, 0.5) is 4.79 Å². The minimum absolute atomic E-state index is 0.0177. The number of carbonyl (C=O) groups is 3. The normalized spacial score (nSPS) is 12.6. The Bertz CT molecular complexity index is 933. The number of rotatable bonds is 40. The Kier molecular flexibility index (Phi) is 36.1. The minimum Gasteiger partial charge on any atom is -0.462 e. The largest absolute Gasteiger partial charge is 0.462 e. The van der Waals surface area contributed by atoms with Gasteiger partial charge in [0.1, 0.15) is 11.7 Å². The molecule has 0 aliphatic carbocycles. The van der Waals surface area contributed by atoms with Crippen LogP contribution in [0.2, 0.25) is 0 Å². The van der Waals surface area contributed by atoms with E-state index in [0.717, 1.165) is 57.8 Å². The number of nitrogens with one attached hydrogen (secondary N) is 1. The molecule has 0 aromatic heterocycles. The summed E-state index contributed by atoms with van der Waals surface area (Å²) in [5.41, 5.74) is -0.0214. The highest BCUT2D eigenvalue weighted by molar-refractivity contribution is 5.86. The van der Waals surface area contributed by atoms with E-state index in [-0.39, 0.29) is 24.8 Å². The van der Waals surface area contributed by atoms with Gasteiger partial charge in [0, 0.05) is 18.5 Å². The Labute approximate surface area is 341 Å². The molecule has 0 saturated heterocycles. The fourth-order valence-corrected chi connectivity index (χ4v) is 7.47. The first-order valence-electron chi connectivity index (χ1n) is 23.6. The third kappa shape index (κ3) is 33.8. The molecule has 0 heterocycles. The van der Waals surface area contributed by atoms with E-state index in [2.05, 4.69) is 46.5 Å². The van der Waals surface area contributed by atoms with Crippen molar-refractivity contribution in [1.82, 2.24) is 5.32 Å². The van der Waals surface area contributed by atoms with Crippen molar-refractivity contribution in [2.24, 2.45) is 5.92 Å². The maximum atomic E-state index is 13.0. The molecule has 0 rings (SSSR count). The summed E-state index contributed by atoms with van der Waals surface area (Å²) >= 11 is 0. The highest BCUT2D eigenvalue weighted by Crippen LogP contribution is 2.32. The molecule has 0 fully saturated rings. The highest BCUT2D eigenvalue weighted by atomic mass is 16.6. The molecular weight excluding hydrogens is 687 g/mol. The van der Waals surface area contributed by atoms with E-state index >= 15 is 0 Å². The lowest BCUT2D eigenvalue weighted by molar-refractivity contribution is -0.162. The summed E-state index contributed by atoms with van der Waals surface area (Å²) in [6.07, 6.45) is 36.9. The van der Waals surface area contributed by atoms with E-state index in [4.69, 9.17) is 14.2 Å². The van der Waals surface area contributed by atoms with Crippen LogP contribution in [0.5, 0.6) is 0 Å². The molecule has 0 radical (unpaired) electrons. The average molecular weight is 778 g/mol. The van der Waals surface area contributed by atoms with E-state index < -0.39 is 11.6 Å². The minimum atomic E-state index is -0.405. The Morgan fingerprint density at radius 1 is 0.564 bits per heavy atom. The summed E-state index contributed by atoms with van der Waals surface area (Å²) in [6.45, 7) is 16.9. The number of ether oxygens (including phenoxy) is 3. The number of carbonyl (C=O) groups excluding carboxylic acids is 3. The van der Waals surface area contributed by atoms with Crippen LogP contribution in [-0.2, 0) is 23.8 Å². The molecule has 7 nitrogen and oxygen atoms in total. The van der Waals surface area contributed by atoms with Crippen molar-refractivity contribution >= 4 is 18.0 Å². The second-order valence-corrected chi connectivity index (χ2v) is 17.0. The van der Waals surface area contributed by atoms with Gasteiger partial charge in [0.25, 0.3) is 0 Å². The molecule has 0 aliphatic heterocycles. The molecule has 7 heteroatoms. The fraction of sp³-hybridized carbons (Fsp3) is 0.896. The second kappa shape index (κ2) is 37.5. The summed E-state index contributed by atoms with van der Waals surface area (Å²) in [5.74, 6) is 0.0205. The zero-order valence-corrected chi connectivity index (χ0v) is 37.4. The predicted octanol–water partition coefficient (Wildman–Crippen LogP) is 14.7. The molecule has 0 saturated carbocycles. The molecular formula is C48H91NO6. The predicted molar refractivity (Wildman–Crippen MR) is 232 cm³/mol. The van der Waals surface area contributed by atoms with Crippen molar-refractivity contribution in [3.8, 4) is 0 Å². The Morgan fingerprint density at radius 3 is 1.42 bits per heavy atom. The molecule has 0 aromatic carbocycles. The smallest absolute Gasteiger partial charge is 0.407 e. The van der Waals surface area contributed by atoms with Crippen LogP contribution in [0.25, 0.3) is 0 Å². The quantitative estimate of drug-likeness (QED) is 0.0288. The van der Waals surface area contributed by atoms with Crippen molar-refractivity contribution in [2.45, 2.75) is 259 Å². The first-order valence-corrected chi connectivity index (χ1v) is 23.6.